The van der Waals surface area contributed by atoms with E-state index < -0.39 is 0 Å². The highest BCUT2D eigenvalue weighted by Gasteiger charge is 2.34. The first kappa shape index (κ1) is 19.3. The molecule has 0 bridgehead atoms. The van der Waals surface area contributed by atoms with Crippen molar-refractivity contribution in [3.8, 4) is 0 Å². The minimum absolute atomic E-state index is 0.120. The molecular weight excluding hydrogens is 371 g/mol. The molecule has 29 heavy (non-hydrogen) atoms. The predicted molar refractivity (Wildman–Crippen MR) is 109 cm³/mol. The summed E-state index contributed by atoms with van der Waals surface area (Å²) in [6, 6.07) is 12.6. The number of nitrogens with zero attached hydrogens (tertiary/aromatic N) is 4. The molecular formula is C21H25FN6O. The van der Waals surface area contributed by atoms with Crippen molar-refractivity contribution in [2.24, 2.45) is 4.99 Å². The summed E-state index contributed by atoms with van der Waals surface area (Å²) in [6.07, 6.45) is 3.68. The van der Waals surface area contributed by atoms with Crippen molar-refractivity contribution in [1.82, 2.24) is 25.2 Å². The second kappa shape index (κ2) is 8.57. The highest BCUT2D eigenvalue weighted by Crippen LogP contribution is 2.34. The number of hydrogen-bond donors (Lipinski definition) is 2. The van der Waals surface area contributed by atoms with Crippen LogP contribution in [0.25, 0.3) is 5.65 Å². The van der Waals surface area contributed by atoms with Gasteiger partial charge in [-0.15, -0.1) is 10.2 Å². The van der Waals surface area contributed by atoms with Crippen molar-refractivity contribution in [3.63, 3.8) is 0 Å². The Labute approximate surface area is 169 Å². The lowest BCUT2D eigenvalue weighted by Gasteiger charge is -2.38. The number of rotatable bonds is 5. The summed E-state index contributed by atoms with van der Waals surface area (Å²) in [6.45, 7) is 2.56. The van der Waals surface area contributed by atoms with Crippen LogP contribution in [0.3, 0.4) is 0 Å². The van der Waals surface area contributed by atoms with Gasteiger partial charge in [0.2, 0.25) is 0 Å². The van der Waals surface area contributed by atoms with Gasteiger partial charge in [-0.2, -0.15) is 0 Å². The lowest BCUT2D eigenvalue weighted by molar-refractivity contribution is 0.0513. The molecule has 0 spiro atoms. The second-order valence-corrected chi connectivity index (χ2v) is 7.22. The first-order valence-corrected chi connectivity index (χ1v) is 9.77. The molecule has 0 saturated carbocycles. The van der Waals surface area contributed by atoms with E-state index in [1.54, 1.807) is 7.05 Å². The summed E-state index contributed by atoms with van der Waals surface area (Å²) in [5.41, 5.74) is 1.81. The Morgan fingerprint density at radius 2 is 1.93 bits per heavy atom. The van der Waals surface area contributed by atoms with Crippen LogP contribution in [0.2, 0.25) is 0 Å². The first-order valence-electron chi connectivity index (χ1n) is 9.77. The van der Waals surface area contributed by atoms with Crippen molar-refractivity contribution in [3.05, 3.63) is 65.9 Å². The molecule has 8 heteroatoms. The maximum atomic E-state index is 13.4. The molecule has 2 aromatic heterocycles. The van der Waals surface area contributed by atoms with Crippen LogP contribution in [0.15, 0.2) is 53.7 Å². The number of guanidine groups is 1. The van der Waals surface area contributed by atoms with Crippen LogP contribution in [0.1, 0.15) is 24.2 Å². The standard InChI is InChI=1S/C21H25FN6O/c1-23-20(24-14-19-27-26-18-4-2-3-11-28(18)19)25-15-21(9-12-29-13-10-21)16-5-7-17(22)8-6-16/h2-8,11H,9-10,12-15H2,1H3,(H2,23,24,25). The molecule has 3 heterocycles. The predicted octanol–water partition coefficient (Wildman–Crippen LogP) is 2.28. The van der Waals surface area contributed by atoms with Crippen LogP contribution < -0.4 is 10.6 Å². The van der Waals surface area contributed by atoms with Gasteiger partial charge in [0.25, 0.3) is 0 Å². The number of fused-ring (bicyclic) bond motifs is 1. The summed E-state index contributed by atoms with van der Waals surface area (Å²) >= 11 is 0. The Morgan fingerprint density at radius 3 is 2.69 bits per heavy atom. The second-order valence-electron chi connectivity index (χ2n) is 7.22. The molecule has 3 aromatic rings. The van der Waals surface area contributed by atoms with E-state index >= 15 is 0 Å². The van der Waals surface area contributed by atoms with Gasteiger partial charge < -0.3 is 15.4 Å². The van der Waals surface area contributed by atoms with Crippen molar-refractivity contribution in [2.75, 3.05) is 26.8 Å². The van der Waals surface area contributed by atoms with E-state index in [9.17, 15) is 4.39 Å². The maximum absolute atomic E-state index is 13.4. The van der Waals surface area contributed by atoms with Gasteiger partial charge >= 0.3 is 0 Å². The quantitative estimate of drug-likeness (QED) is 0.511. The number of halogens is 1. The Bertz CT molecular complexity index is 978. The molecule has 1 saturated heterocycles. The van der Waals surface area contributed by atoms with Crippen LogP contribution in [0, 0.1) is 5.82 Å². The normalized spacial score (nSPS) is 16.7. The molecule has 1 aliphatic rings. The van der Waals surface area contributed by atoms with Crippen molar-refractivity contribution >= 4 is 11.6 Å². The van der Waals surface area contributed by atoms with Crippen molar-refractivity contribution in [1.29, 1.82) is 0 Å². The van der Waals surface area contributed by atoms with Gasteiger partial charge in [-0.1, -0.05) is 18.2 Å². The largest absolute Gasteiger partial charge is 0.381 e. The molecule has 7 nitrogen and oxygen atoms in total. The molecule has 1 aromatic carbocycles. The zero-order valence-corrected chi connectivity index (χ0v) is 16.4. The van der Waals surface area contributed by atoms with Crippen molar-refractivity contribution < 1.29 is 9.13 Å². The fourth-order valence-corrected chi connectivity index (χ4v) is 3.78. The monoisotopic (exact) mass is 396 g/mol. The average Bonchev–Trinajstić information content (AvgIpc) is 3.18. The molecule has 0 unspecified atom stereocenters. The lowest BCUT2D eigenvalue weighted by Crippen LogP contribution is -2.48. The highest BCUT2D eigenvalue weighted by atomic mass is 19.1. The van der Waals surface area contributed by atoms with E-state index in [0.29, 0.717) is 32.3 Å². The van der Waals surface area contributed by atoms with Crippen LogP contribution in [-0.4, -0.2) is 47.4 Å². The van der Waals surface area contributed by atoms with Gasteiger partial charge in [-0.3, -0.25) is 9.39 Å². The smallest absolute Gasteiger partial charge is 0.191 e. The SMILES string of the molecule is CN=C(NCc1nnc2ccccn12)NCC1(c2ccc(F)cc2)CCOCC1. The number of ether oxygens (including phenoxy) is 1. The third kappa shape index (κ3) is 4.22. The number of aromatic nitrogens is 3. The Kier molecular flexibility index (Phi) is 5.71. The van der Waals surface area contributed by atoms with Crippen LogP contribution in [0.5, 0.6) is 0 Å². The average molecular weight is 396 g/mol. The molecule has 0 atom stereocenters. The van der Waals surface area contributed by atoms with E-state index in [0.717, 1.165) is 29.9 Å². The number of aliphatic imine (C=N–C) groups is 1. The third-order valence-electron chi connectivity index (χ3n) is 5.52. The third-order valence-corrected chi connectivity index (χ3v) is 5.52. The summed E-state index contributed by atoms with van der Waals surface area (Å²) in [5.74, 6) is 1.27. The van der Waals surface area contributed by atoms with E-state index in [4.69, 9.17) is 4.74 Å². The number of pyridine rings is 1. The first-order chi connectivity index (χ1) is 14.2. The fourth-order valence-electron chi connectivity index (χ4n) is 3.78. The van der Waals surface area contributed by atoms with E-state index in [-0.39, 0.29) is 11.2 Å². The van der Waals surface area contributed by atoms with Gasteiger partial charge in [-0.05, 0) is 42.7 Å². The van der Waals surface area contributed by atoms with Crippen LogP contribution in [-0.2, 0) is 16.7 Å². The zero-order valence-electron chi connectivity index (χ0n) is 16.4. The Morgan fingerprint density at radius 1 is 1.14 bits per heavy atom. The fraction of sp³-hybridized carbons (Fsp3) is 0.381. The van der Waals surface area contributed by atoms with Crippen molar-refractivity contribution in [2.45, 2.75) is 24.8 Å². The van der Waals surface area contributed by atoms with E-state index in [1.165, 1.54) is 12.1 Å². The van der Waals surface area contributed by atoms with E-state index in [2.05, 4.69) is 25.8 Å². The van der Waals surface area contributed by atoms with Gasteiger partial charge in [0.05, 0.1) is 6.54 Å². The summed E-state index contributed by atoms with van der Waals surface area (Å²) in [7, 11) is 1.74. The highest BCUT2D eigenvalue weighted by molar-refractivity contribution is 5.79. The van der Waals surface area contributed by atoms with E-state index in [1.807, 2.05) is 40.9 Å². The van der Waals surface area contributed by atoms with Crippen LogP contribution in [0.4, 0.5) is 4.39 Å². The summed E-state index contributed by atoms with van der Waals surface area (Å²) < 4.78 is 20.9. The zero-order chi connectivity index (χ0) is 20.1. The molecule has 0 aliphatic carbocycles. The molecule has 1 fully saturated rings. The minimum Gasteiger partial charge on any atom is -0.381 e. The minimum atomic E-state index is -0.220. The lowest BCUT2D eigenvalue weighted by atomic mass is 9.74. The van der Waals surface area contributed by atoms with Gasteiger partial charge in [0.15, 0.2) is 17.4 Å². The molecule has 1 aliphatic heterocycles. The Balaban J connectivity index is 1.43. The maximum Gasteiger partial charge on any atom is 0.191 e. The Hall–Kier alpha value is -3.00. The van der Waals surface area contributed by atoms with Gasteiger partial charge in [-0.25, -0.2) is 4.39 Å². The molecule has 2 N–H and O–H groups in total. The molecule has 0 radical (unpaired) electrons. The van der Waals surface area contributed by atoms with Gasteiger partial charge in [0.1, 0.15) is 5.82 Å². The number of nitrogens with one attached hydrogen (secondary N) is 2. The number of benzene rings is 1. The molecule has 0 amide bonds. The summed E-state index contributed by atoms with van der Waals surface area (Å²) in [4.78, 5) is 4.34. The molecule has 4 rings (SSSR count). The topological polar surface area (TPSA) is 75.8 Å². The van der Waals surface area contributed by atoms with Gasteiger partial charge in [0, 0.05) is 38.4 Å². The molecule has 152 valence electrons. The van der Waals surface area contributed by atoms with Crippen LogP contribution >= 0.6 is 0 Å². The number of hydrogen-bond acceptors (Lipinski definition) is 4. The summed E-state index contributed by atoms with van der Waals surface area (Å²) in [5, 5.41) is 15.1.